The Hall–Kier alpha value is -2.15. The molecule has 0 radical (unpaired) electrons. The molecule has 2 heterocycles. The monoisotopic (exact) mass is 476 g/mol. The van der Waals surface area contributed by atoms with Crippen LogP contribution < -0.4 is 4.74 Å². The van der Waals surface area contributed by atoms with Gasteiger partial charge in [0.05, 0.1) is 17.3 Å². The zero-order chi connectivity index (χ0) is 21.8. The topological polar surface area (TPSA) is 53.3 Å². The minimum Gasteiger partial charge on any atom is -0.485 e. The van der Waals surface area contributed by atoms with Gasteiger partial charge in [-0.3, -0.25) is 0 Å². The molecule has 5 nitrogen and oxygen atoms in total. The molecule has 0 N–H and O–H groups in total. The molecular weight excluding hydrogens is 455 g/mol. The van der Waals surface area contributed by atoms with Crippen LogP contribution in [-0.4, -0.2) is 40.0 Å². The second-order valence-corrected chi connectivity index (χ2v) is 9.11. The Kier molecular flexibility index (Phi) is 7.10. The first kappa shape index (κ1) is 22.1. The van der Waals surface area contributed by atoms with Crippen molar-refractivity contribution in [2.45, 2.75) is 25.9 Å². The third-order valence-corrected chi connectivity index (χ3v) is 6.58. The van der Waals surface area contributed by atoms with Gasteiger partial charge in [0.1, 0.15) is 11.8 Å². The lowest BCUT2D eigenvalue weighted by Crippen LogP contribution is -2.23. The second-order valence-electron chi connectivity index (χ2n) is 7.05. The predicted molar refractivity (Wildman–Crippen MR) is 126 cm³/mol. The van der Waals surface area contributed by atoms with Crippen molar-refractivity contribution in [3.63, 3.8) is 0 Å². The first-order valence-electron chi connectivity index (χ1n) is 10.1. The number of thioether (sulfide) groups is 1. The van der Waals surface area contributed by atoms with Gasteiger partial charge in [0, 0.05) is 10.6 Å². The van der Waals surface area contributed by atoms with Gasteiger partial charge in [0.2, 0.25) is 5.69 Å². The highest BCUT2D eigenvalue weighted by molar-refractivity contribution is 7.99. The maximum Gasteiger partial charge on any atom is 0.362 e. The van der Waals surface area contributed by atoms with Crippen LogP contribution in [0.4, 0.5) is 0 Å². The first-order valence-corrected chi connectivity index (χ1v) is 12.0. The van der Waals surface area contributed by atoms with E-state index in [4.69, 9.17) is 32.7 Å². The largest absolute Gasteiger partial charge is 0.485 e. The highest BCUT2D eigenvalue weighted by atomic mass is 35.5. The number of nitrogens with zero attached hydrogens (tertiary/aromatic N) is 2. The molecule has 3 aromatic rings. The fourth-order valence-electron chi connectivity index (χ4n) is 3.47. The molecule has 0 unspecified atom stereocenters. The third-order valence-electron chi connectivity index (χ3n) is 4.96. The van der Waals surface area contributed by atoms with Gasteiger partial charge in [-0.25, -0.2) is 9.48 Å². The van der Waals surface area contributed by atoms with Crippen LogP contribution in [0.15, 0.2) is 48.5 Å². The van der Waals surface area contributed by atoms with E-state index >= 15 is 0 Å². The van der Waals surface area contributed by atoms with Gasteiger partial charge in [-0.15, -0.1) is 0 Å². The number of esters is 1. The number of halogens is 2. The van der Waals surface area contributed by atoms with E-state index in [1.165, 1.54) is 0 Å². The molecule has 1 aromatic heterocycles. The van der Waals surface area contributed by atoms with Crippen molar-refractivity contribution >= 4 is 40.9 Å². The van der Waals surface area contributed by atoms with E-state index in [1.54, 1.807) is 29.8 Å². The maximum absolute atomic E-state index is 12.8. The van der Waals surface area contributed by atoms with Crippen LogP contribution in [0.25, 0.3) is 16.9 Å². The van der Waals surface area contributed by atoms with Gasteiger partial charge < -0.3 is 9.47 Å². The predicted octanol–water partition coefficient (Wildman–Crippen LogP) is 6.30. The Morgan fingerprint density at radius 1 is 1.13 bits per heavy atom. The van der Waals surface area contributed by atoms with Gasteiger partial charge in [-0.1, -0.05) is 47.5 Å². The van der Waals surface area contributed by atoms with Gasteiger partial charge in [-0.05, 0) is 55.5 Å². The zero-order valence-corrected chi connectivity index (χ0v) is 19.3. The van der Waals surface area contributed by atoms with E-state index in [2.05, 4.69) is 5.10 Å². The molecule has 8 heteroatoms. The minimum atomic E-state index is -0.524. The number of hydrogen-bond acceptors (Lipinski definition) is 5. The van der Waals surface area contributed by atoms with Gasteiger partial charge in [0.15, 0.2) is 5.75 Å². The molecule has 1 fully saturated rings. The van der Waals surface area contributed by atoms with Crippen molar-refractivity contribution in [2.75, 3.05) is 18.1 Å². The van der Waals surface area contributed by atoms with E-state index in [9.17, 15) is 4.79 Å². The average Bonchev–Trinajstić information content (AvgIpc) is 3.14. The Morgan fingerprint density at radius 3 is 2.52 bits per heavy atom. The zero-order valence-electron chi connectivity index (χ0n) is 17.0. The summed E-state index contributed by atoms with van der Waals surface area (Å²) in [6, 6.07) is 14.7. The second kappa shape index (κ2) is 9.98. The van der Waals surface area contributed by atoms with Crippen LogP contribution >= 0.6 is 35.0 Å². The minimum absolute atomic E-state index is 0.00405. The number of para-hydroxylation sites is 1. The first-order chi connectivity index (χ1) is 15.1. The number of rotatable bonds is 6. The van der Waals surface area contributed by atoms with E-state index in [0.29, 0.717) is 27.2 Å². The van der Waals surface area contributed by atoms with Gasteiger partial charge >= 0.3 is 5.97 Å². The summed E-state index contributed by atoms with van der Waals surface area (Å²) in [6.07, 6.45) is 1.82. The van der Waals surface area contributed by atoms with Crippen LogP contribution in [0, 0.1) is 0 Å². The number of ether oxygens (including phenoxy) is 2. The average molecular weight is 477 g/mol. The number of carbonyl (C=O) groups is 1. The molecule has 0 spiro atoms. The Labute approximate surface area is 195 Å². The van der Waals surface area contributed by atoms with Crippen LogP contribution in [0.3, 0.4) is 0 Å². The lowest BCUT2D eigenvalue weighted by Gasteiger charge is -2.23. The lowest BCUT2D eigenvalue weighted by atomic mass is 10.1. The van der Waals surface area contributed by atoms with Crippen molar-refractivity contribution in [1.82, 2.24) is 9.78 Å². The Balaban J connectivity index is 1.93. The van der Waals surface area contributed by atoms with Crippen molar-refractivity contribution in [1.29, 1.82) is 0 Å². The van der Waals surface area contributed by atoms with Crippen LogP contribution in [0.1, 0.15) is 30.3 Å². The summed E-state index contributed by atoms with van der Waals surface area (Å²) >= 11 is 14.5. The molecule has 1 saturated heterocycles. The molecule has 2 aromatic carbocycles. The van der Waals surface area contributed by atoms with Crippen molar-refractivity contribution in [2.24, 2.45) is 0 Å². The molecule has 0 aliphatic carbocycles. The molecule has 1 aliphatic heterocycles. The normalized spacial score (nSPS) is 14.4. The molecule has 162 valence electrons. The van der Waals surface area contributed by atoms with Crippen LogP contribution in [0.5, 0.6) is 5.75 Å². The number of aromatic nitrogens is 2. The number of benzene rings is 2. The summed E-state index contributed by atoms with van der Waals surface area (Å²) in [5, 5.41) is 5.74. The van der Waals surface area contributed by atoms with Gasteiger partial charge in [0.25, 0.3) is 0 Å². The maximum atomic E-state index is 12.8. The van der Waals surface area contributed by atoms with Crippen molar-refractivity contribution in [3.8, 4) is 22.7 Å². The quantitative estimate of drug-likeness (QED) is 0.390. The fourth-order valence-corrected chi connectivity index (χ4v) is 4.87. The molecular formula is C23H22Cl2N2O3S. The summed E-state index contributed by atoms with van der Waals surface area (Å²) < 4.78 is 13.4. The smallest absolute Gasteiger partial charge is 0.362 e. The summed E-state index contributed by atoms with van der Waals surface area (Å²) in [5.74, 6) is 1.93. The molecule has 31 heavy (non-hydrogen) atoms. The van der Waals surface area contributed by atoms with Crippen LogP contribution in [0.2, 0.25) is 10.0 Å². The van der Waals surface area contributed by atoms with Crippen molar-refractivity contribution < 1.29 is 14.3 Å². The summed E-state index contributed by atoms with van der Waals surface area (Å²) in [6.45, 7) is 2.01. The highest BCUT2D eigenvalue weighted by Gasteiger charge is 2.30. The van der Waals surface area contributed by atoms with E-state index in [-0.39, 0.29) is 18.4 Å². The standard InChI is InChI=1S/C23H22Cl2N2O3S/c1-2-29-23(28)20-22(30-17-11-13-31-14-12-17)21(15-7-9-16(24)10-8-15)27(26-20)19-6-4-3-5-18(19)25/h3-10,17H,2,11-14H2,1H3. The molecule has 0 saturated carbocycles. The Bertz CT molecular complexity index is 1060. The molecule has 4 rings (SSSR count). The molecule has 0 amide bonds. The molecule has 1 aliphatic rings. The summed E-state index contributed by atoms with van der Waals surface area (Å²) in [7, 11) is 0. The summed E-state index contributed by atoms with van der Waals surface area (Å²) in [5.41, 5.74) is 2.25. The SMILES string of the molecule is CCOC(=O)c1nn(-c2ccccc2Cl)c(-c2ccc(Cl)cc2)c1OC1CCSCC1. The highest BCUT2D eigenvalue weighted by Crippen LogP contribution is 2.39. The van der Waals surface area contributed by atoms with Crippen molar-refractivity contribution in [3.05, 3.63) is 64.3 Å². The van der Waals surface area contributed by atoms with Gasteiger partial charge in [-0.2, -0.15) is 16.9 Å². The van der Waals surface area contributed by atoms with E-state index in [1.807, 2.05) is 42.1 Å². The molecule has 0 bridgehead atoms. The van der Waals surface area contributed by atoms with Crippen LogP contribution in [-0.2, 0) is 4.74 Å². The molecule has 0 atom stereocenters. The lowest BCUT2D eigenvalue weighted by molar-refractivity contribution is 0.0511. The van der Waals surface area contributed by atoms with E-state index < -0.39 is 5.97 Å². The number of hydrogen-bond donors (Lipinski definition) is 0. The Morgan fingerprint density at radius 2 is 1.84 bits per heavy atom. The fraction of sp³-hybridized carbons (Fsp3) is 0.304. The van der Waals surface area contributed by atoms with E-state index in [0.717, 1.165) is 29.9 Å². The third kappa shape index (κ3) is 4.86. The number of carbonyl (C=O) groups excluding carboxylic acids is 1. The summed E-state index contributed by atoms with van der Waals surface area (Å²) in [4.78, 5) is 12.8.